The van der Waals surface area contributed by atoms with Crippen molar-refractivity contribution in [3.63, 3.8) is 0 Å². The second-order valence-electron chi connectivity index (χ2n) is 9.12. The van der Waals surface area contributed by atoms with Crippen molar-refractivity contribution in [1.29, 1.82) is 0 Å². The van der Waals surface area contributed by atoms with Crippen LogP contribution in [0.3, 0.4) is 0 Å². The van der Waals surface area contributed by atoms with Crippen molar-refractivity contribution in [3.05, 3.63) is 131 Å². The van der Waals surface area contributed by atoms with Gasteiger partial charge in [-0.2, -0.15) is 0 Å². The molecule has 5 rings (SSSR count). The van der Waals surface area contributed by atoms with Crippen molar-refractivity contribution in [2.45, 2.75) is 13.1 Å². The normalized spacial score (nSPS) is 14.6. The van der Waals surface area contributed by atoms with E-state index in [0.29, 0.717) is 28.1 Å². The van der Waals surface area contributed by atoms with Gasteiger partial charge in [0.1, 0.15) is 17.3 Å². The molecule has 0 bridgehead atoms. The molecule has 1 atom stereocenters. The second kappa shape index (κ2) is 11.3. The molecule has 200 valence electrons. The van der Waals surface area contributed by atoms with Crippen molar-refractivity contribution in [2.75, 3.05) is 16.8 Å². The van der Waals surface area contributed by atoms with Crippen molar-refractivity contribution >= 4 is 34.8 Å². The summed E-state index contributed by atoms with van der Waals surface area (Å²) in [5.74, 6) is -2.95. The monoisotopic (exact) mass is 538 g/mol. The van der Waals surface area contributed by atoms with E-state index >= 15 is 0 Å². The van der Waals surface area contributed by atoms with Gasteiger partial charge in [0.25, 0.3) is 5.91 Å². The minimum atomic E-state index is -1.51. The number of benzodiazepines with no additional fused rings is 1. The summed E-state index contributed by atoms with van der Waals surface area (Å²) in [4.78, 5) is 46.1. The second-order valence-corrected chi connectivity index (χ2v) is 9.12. The lowest BCUT2D eigenvalue weighted by atomic mass is 9.99. The minimum Gasteiger partial charge on any atom is -0.308 e. The van der Waals surface area contributed by atoms with Crippen LogP contribution in [0.15, 0.2) is 102 Å². The molecule has 0 aliphatic carbocycles. The Labute approximate surface area is 229 Å². The van der Waals surface area contributed by atoms with E-state index in [9.17, 15) is 23.2 Å². The van der Waals surface area contributed by atoms with Gasteiger partial charge in [-0.25, -0.2) is 18.6 Å². The van der Waals surface area contributed by atoms with Gasteiger partial charge in [-0.15, -0.1) is 0 Å². The Morgan fingerprint density at radius 1 is 0.850 bits per heavy atom. The van der Waals surface area contributed by atoms with E-state index in [2.05, 4.69) is 15.6 Å². The van der Waals surface area contributed by atoms with Crippen LogP contribution >= 0.6 is 0 Å². The lowest BCUT2D eigenvalue weighted by molar-refractivity contribution is -0.120. The fourth-order valence-corrected chi connectivity index (χ4v) is 4.52. The maximum absolute atomic E-state index is 14.2. The first-order valence-electron chi connectivity index (χ1n) is 12.5. The highest BCUT2D eigenvalue weighted by Gasteiger charge is 2.34. The lowest BCUT2D eigenvalue weighted by Gasteiger charge is -2.25. The number of rotatable bonds is 6. The van der Waals surface area contributed by atoms with Crippen LogP contribution in [0.5, 0.6) is 0 Å². The highest BCUT2D eigenvalue weighted by molar-refractivity contribution is 6.21. The van der Waals surface area contributed by atoms with Gasteiger partial charge in [-0.1, -0.05) is 78.9 Å². The van der Waals surface area contributed by atoms with Crippen molar-refractivity contribution in [1.82, 2.24) is 5.32 Å². The number of carbonyl (C=O) groups excluding carboxylic acids is 3. The number of ketones is 1. The Hall–Kier alpha value is -5.18. The smallest absolute Gasteiger partial charge is 0.308 e. The molecular formula is C31H24F2N4O3. The van der Waals surface area contributed by atoms with Crippen LogP contribution in [0.25, 0.3) is 0 Å². The average molecular weight is 539 g/mol. The molecule has 2 N–H and O–H groups in total. The molecule has 0 radical (unpaired) electrons. The van der Waals surface area contributed by atoms with E-state index in [-0.39, 0.29) is 12.3 Å². The molecule has 1 aliphatic heterocycles. The fraction of sp³-hybridized carbons (Fsp3) is 0.0968. The molecule has 1 heterocycles. The number of para-hydroxylation sites is 2. The number of hydrogen-bond acceptors (Lipinski definition) is 4. The number of anilines is 2. The number of fused-ring (bicyclic) bond motifs is 1. The molecular weight excluding hydrogens is 514 g/mol. The molecule has 0 unspecified atom stereocenters. The third kappa shape index (κ3) is 5.35. The summed E-state index contributed by atoms with van der Waals surface area (Å²) < 4.78 is 28.3. The Morgan fingerprint density at radius 3 is 2.23 bits per heavy atom. The number of urea groups is 1. The van der Waals surface area contributed by atoms with E-state index in [1.807, 2.05) is 24.3 Å². The number of amides is 3. The average Bonchev–Trinajstić information content (AvgIpc) is 3.06. The first kappa shape index (κ1) is 26.4. The lowest BCUT2D eigenvalue weighted by Crippen LogP contribution is -2.50. The molecule has 3 amide bonds. The van der Waals surface area contributed by atoms with Crippen LogP contribution in [0, 0.1) is 18.6 Å². The molecule has 0 aromatic heterocycles. The molecule has 40 heavy (non-hydrogen) atoms. The third-order valence-corrected chi connectivity index (χ3v) is 6.47. The van der Waals surface area contributed by atoms with Crippen LogP contribution in [0.1, 0.15) is 27.0 Å². The minimum absolute atomic E-state index is 0.305. The van der Waals surface area contributed by atoms with E-state index in [1.54, 1.807) is 61.5 Å². The number of hydrogen-bond donors (Lipinski definition) is 2. The van der Waals surface area contributed by atoms with Crippen LogP contribution in [0.2, 0.25) is 0 Å². The first-order valence-corrected chi connectivity index (χ1v) is 12.5. The number of halogens is 2. The molecule has 4 aromatic carbocycles. The summed E-state index contributed by atoms with van der Waals surface area (Å²) in [6.07, 6.45) is -1.51. The number of benzene rings is 4. The summed E-state index contributed by atoms with van der Waals surface area (Å²) >= 11 is 0. The van der Waals surface area contributed by atoms with Gasteiger partial charge in [0.05, 0.1) is 17.9 Å². The van der Waals surface area contributed by atoms with E-state index < -0.39 is 35.4 Å². The summed E-state index contributed by atoms with van der Waals surface area (Å²) in [5.41, 5.74) is 2.62. The van der Waals surface area contributed by atoms with Gasteiger partial charge in [0.15, 0.2) is 5.78 Å². The zero-order valence-electron chi connectivity index (χ0n) is 21.4. The number of aliphatic imine (C=N–C) groups is 1. The molecule has 0 spiro atoms. The summed E-state index contributed by atoms with van der Waals surface area (Å²) in [6.45, 7) is 1.48. The number of nitrogens with one attached hydrogen (secondary N) is 2. The summed E-state index contributed by atoms with van der Waals surface area (Å²) in [6, 6.07) is 25.2. The highest BCUT2D eigenvalue weighted by Crippen LogP contribution is 2.29. The maximum Gasteiger partial charge on any atom is 0.321 e. The highest BCUT2D eigenvalue weighted by atomic mass is 19.1. The van der Waals surface area contributed by atoms with Gasteiger partial charge in [0.2, 0.25) is 6.17 Å². The summed E-state index contributed by atoms with van der Waals surface area (Å²) in [7, 11) is 0. The fourth-order valence-electron chi connectivity index (χ4n) is 4.52. The Morgan fingerprint density at radius 2 is 1.50 bits per heavy atom. The number of carbonyl (C=O) groups is 3. The Balaban J connectivity index is 1.55. The zero-order valence-corrected chi connectivity index (χ0v) is 21.4. The van der Waals surface area contributed by atoms with E-state index in [0.717, 1.165) is 17.7 Å². The third-order valence-electron chi connectivity index (χ3n) is 6.47. The van der Waals surface area contributed by atoms with E-state index in [4.69, 9.17) is 0 Å². The standard InChI is InChI=1S/C31H24F2N4O3/c1-19-10-5-6-13-21(19)26(38)18-37-25-17-8-7-14-22(25)27(20-11-3-2-4-12-20)34-29(30(37)39)36-31(40)35-28-23(32)15-9-16-24(28)33/h2-17,29H,18H2,1H3,(H2,35,36,40)/t29-/m0/s1. The van der Waals surface area contributed by atoms with Crippen molar-refractivity contribution in [2.24, 2.45) is 4.99 Å². The molecule has 1 aliphatic rings. The molecule has 4 aromatic rings. The van der Waals surface area contributed by atoms with Crippen LogP contribution in [0.4, 0.5) is 25.0 Å². The molecule has 0 fully saturated rings. The Bertz CT molecular complexity index is 1620. The Kier molecular flexibility index (Phi) is 7.46. The largest absolute Gasteiger partial charge is 0.321 e. The molecule has 9 heteroatoms. The van der Waals surface area contributed by atoms with Crippen LogP contribution < -0.4 is 15.5 Å². The van der Waals surface area contributed by atoms with Gasteiger partial charge in [-0.3, -0.25) is 9.59 Å². The van der Waals surface area contributed by atoms with Crippen molar-refractivity contribution in [3.8, 4) is 0 Å². The van der Waals surface area contributed by atoms with Gasteiger partial charge in [-0.05, 0) is 30.7 Å². The maximum atomic E-state index is 14.2. The molecule has 0 saturated carbocycles. The SMILES string of the molecule is Cc1ccccc1C(=O)CN1C(=O)[C@H](NC(=O)Nc2c(F)cccc2F)N=C(c2ccccc2)c2ccccc21. The van der Waals surface area contributed by atoms with Gasteiger partial charge < -0.3 is 15.5 Å². The number of nitrogens with zero attached hydrogens (tertiary/aromatic N) is 2. The van der Waals surface area contributed by atoms with Gasteiger partial charge >= 0.3 is 6.03 Å². The van der Waals surface area contributed by atoms with E-state index in [1.165, 1.54) is 11.0 Å². The topological polar surface area (TPSA) is 90.9 Å². The number of Topliss-reactive ketones (excluding diaryl/α,β-unsaturated/α-hetero) is 1. The number of aryl methyl sites for hydroxylation is 1. The zero-order chi connectivity index (χ0) is 28.2. The molecule has 7 nitrogen and oxygen atoms in total. The first-order chi connectivity index (χ1) is 19.3. The van der Waals surface area contributed by atoms with Crippen molar-refractivity contribution < 1.29 is 23.2 Å². The predicted octanol–water partition coefficient (Wildman–Crippen LogP) is 5.49. The van der Waals surface area contributed by atoms with Crippen LogP contribution in [-0.2, 0) is 4.79 Å². The predicted molar refractivity (Wildman–Crippen MR) is 149 cm³/mol. The molecule has 0 saturated heterocycles. The quantitative estimate of drug-likeness (QED) is 0.318. The van der Waals surface area contributed by atoms with Gasteiger partial charge in [0, 0.05) is 16.7 Å². The summed E-state index contributed by atoms with van der Waals surface area (Å²) in [5, 5.41) is 4.55. The van der Waals surface area contributed by atoms with Crippen LogP contribution in [-0.4, -0.2) is 36.1 Å².